The van der Waals surface area contributed by atoms with Crippen LogP contribution in [0.5, 0.6) is 0 Å². The van der Waals surface area contributed by atoms with Gasteiger partial charge < -0.3 is 14.2 Å². The van der Waals surface area contributed by atoms with Gasteiger partial charge in [-0.2, -0.15) is 0 Å². The van der Waals surface area contributed by atoms with Crippen molar-refractivity contribution < 1.29 is 14.2 Å². The van der Waals surface area contributed by atoms with Gasteiger partial charge in [-0.15, -0.1) is 0 Å². The van der Waals surface area contributed by atoms with Crippen molar-refractivity contribution in [2.24, 2.45) is 5.92 Å². The molecule has 3 rings (SSSR count). The lowest BCUT2D eigenvalue weighted by Crippen LogP contribution is -2.24. The minimum absolute atomic E-state index is 0.0958. The molecule has 3 aliphatic rings. The van der Waals surface area contributed by atoms with Crippen LogP contribution in [0.2, 0.25) is 5.54 Å². The van der Waals surface area contributed by atoms with Crippen molar-refractivity contribution >= 4 is 10.2 Å². The second-order valence-corrected chi connectivity index (χ2v) is 4.89. The third-order valence-electron chi connectivity index (χ3n) is 3.14. The normalized spacial score (nSPS) is 52.8. The summed E-state index contributed by atoms with van der Waals surface area (Å²) < 4.78 is 16.3. The van der Waals surface area contributed by atoms with Gasteiger partial charge in [0.05, 0.1) is 18.8 Å². The van der Waals surface area contributed by atoms with Crippen LogP contribution in [-0.4, -0.2) is 42.0 Å². The molecular weight excluding hydrogens is 184 g/mol. The Labute approximate surface area is 81.2 Å². The summed E-state index contributed by atoms with van der Waals surface area (Å²) in [4.78, 5) is 0. The largest absolute Gasteiger partial charge is 0.375 e. The van der Waals surface area contributed by atoms with E-state index < -0.39 is 0 Å². The molecule has 3 radical (unpaired) electrons. The van der Waals surface area contributed by atoms with Crippen molar-refractivity contribution in [2.75, 3.05) is 13.2 Å². The Morgan fingerprint density at radius 2 is 2.15 bits per heavy atom. The molecule has 5 atom stereocenters. The van der Waals surface area contributed by atoms with Crippen molar-refractivity contribution in [3.8, 4) is 0 Å². The maximum Gasteiger partial charge on any atom is 0.181 e. The topological polar surface area (TPSA) is 31.0 Å². The first-order chi connectivity index (χ1) is 6.33. The molecule has 4 heteroatoms. The molecule has 0 spiro atoms. The van der Waals surface area contributed by atoms with Crippen LogP contribution in [0, 0.1) is 5.92 Å². The molecule has 3 aliphatic heterocycles. The molecule has 0 saturated carbocycles. The summed E-state index contributed by atoms with van der Waals surface area (Å²) in [6.07, 6.45) is 3.23. The molecule has 13 heavy (non-hydrogen) atoms. The van der Waals surface area contributed by atoms with Crippen LogP contribution in [0.4, 0.5) is 0 Å². The zero-order valence-corrected chi connectivity index (χ0v) is 8.44. The van der Waals surface area contributed by atoms with Gasteiger partial charge in [0.1, 0.15) is 6.61 Å². The fraction of sp³-hybridized carbons (Fsp3) is 1.00. The van der Waals surface area contributed by atoms with E-state index in [2.05, 4.69) is 10.2 Å². The van der Waals surface area contributed by atoms with E-state index in [0.29, 0.717) is 23.7 Å². The van der Waals surface area contributed by atoms with E-state index in [1.54, 1.807) is 0 Å². The van der Waals surface area contributed by atoms with Crippen LogP contribution in [0.15, 0.2) is 0 Å². The number of fused-ring (bicyclic) bond motifs is 2. The Bertz CT molecular complexity index is 205. The third kappa shape index (κ3) is 1.56. The van der Waals surface area contributed by atoms with Crippen molar-refractivity contribution in [3.05, 3.63) is 0 Å². The SMILES string of the molecule is [Si]C1CC2OC1CC2COC1CO1. The number of hydrogen-bond donors (Lipinski definition) is 0. The molecule has 3 heterocycles. The Kier molecular flexibility index (Phi) is 1.97. The van der Waals surface area contributed by atoms with Crippen LogP contribution in [0.1, 0.15) is 12.8 Å². The summed E-state index contributed by atoms with van der Waals surface area (Å²) in [5.41, 5.74) is 0.568. The van der Waals surface area contributed by atoms with Crippen molar-refractivity contribution in [2.45, 2.75) is 36.9 Å². The molecule has 3 nitrogen and oxygen atoms in total. The number of ether oxygens (including phenoxy) is 3. The van der Waals surface area contributed by atoms with Gasteiger partial charge >= 0.3 is 0 Å². The second-order valence-electron chi connectivity index (χ2n) is 4.15. The minimum atomic E-state index is 0.0958. The lowest BCUT2D eigenvalue weighted by Gasteiger charge is -2.21. The number of epoxide rings is 1. The molecular formula is C9H13O3Si. The van der Waals surface area contributed by atoms with E-state index in [1.165, 1.54) is 0 Å². The Balaban J connectivity index is 1.51. The van der Waals surface area contributed by atoms with Crippen LogP contribution in [-0.2, 0) is 14.2 Å². The third-order valence-corrected chi connectivity index (χ3v) is 3.75. The van der Waals surface area contributed by atoms with E-state index in [0.717, 1.165) is 26.1 Å². The molecule has 0 N–H and O–H groups in total. The predicted molar refractivity (Wildman–Crippen MR) is 46.6 cm³/mol. The molecule has 0 aliphatic carbocycles. The predicted octanol–water partition coefficient (Wildman–Crippen LogP) is 0.494. The van der Waals surface area contributed by atoms with Crippen LogP contribution in [0.25, 0.3) is 0 Å². The maximum atomic E-state index is 5.78. The summed E-state index contributed by atoms with van der Waals surface area (Å²) in [5.74, 6) is 0.599. The van der Waals surface area contributed by atoms with Crippen molar-refractivity contribution in [1.82, 2.24) is 0 Å². The smallest absolute Gasteiger partial charge is 0.181 e. The zero-order valence-electron chi connectivity index (χ0n) is 7.44. The minimum Gasteiger partial charge on any atom is -0.375 e. The van der Waals surface area contributed by atoms with Gasteiger partial charge in [-0.3, -0.25) is 0 Å². The van der Waals surface area contributed by atoms with E-state index in [4.69, 9.17) is 14.2 Å². The highest BCUT2D eigenvalue weighted by Crippen LogP contribution is 2.44. The zero-order chi connectivity index (χ0) is 8.84. The van der Waals surface area contributed by atoms with Gasteiger partial charge in [-0.05, 0) is 18.4 Å². The lowest BCUT2D eigenvalue weighted by molar-refractivity contribution is 0.00841. The summed E-state index contributed by atoms with van der Waals surface area (Å²) in [7, 11) is 3.67. The summed E-state index contributed by atoms with van der Waals surface area (Å²) in [5, 5.41) is 0. The summed E-state index contributed by atoms with van der Waals surface area (Å²) in [6, 6.07) is 0. The van der Waals surface area contributed by atoms with Gasteiger partial charge in [0.25, 0.3) is 0 Å². The standard InChI is InChI=1S/C9H13O3Si/c13-8-2-6-5(1-7(8)12-6)3-10-9-4-11-9/h5-9H,1-4H2. The quantitative estimate of drug-likeness (QED) is 0.487. The molecule has 5 unspecified atom stereocenters. The molecule has 71 valence electrons. The first-order valence-corrected chi connectivity index (χ1v) is 5.50. The van der Waals surface area contributed by atoms with E-state index in [-0.39, 0.29) is 6.29 Å². The average molecular weight is 197 g/mol. The van der Waals surface area contributed by atoms with Crippen LogP contribution >= 0.6 is 0 Å². The van der Waals surface area contributed by atoms with Gasteiger partial charge in [-0.1, -0.05) is 0 Å². The van der Waals surface area contributed by atoms with Crippen molar-refractivity contribution in [1.29, 1.82) is 0 Å². The Morgan fingerprint density at radius 3 is 2.69 bits per heavy atom. The molecule has 3 fully saturated rings. The molecule has 0 aromatic rings. The highest BCUT2D eigenvalue weighted by Gasteiger charge is 2.45. The lowest BCUT2D eigenvalue weighted by atomic mass is 9.89. The average Bonchev–Trinajstić information content (AvgIpc) is 2.77. The van der Waals surface area contributed by atoms with Crippen LogP contribution in [0.3, 0.4) is 0 Å². The molecule has 0 aromatic carbocycles. The van der Waals surface area contributed by atoms with Gasteiger partial charge in [-0.25, -0.2) is 0 Å². The fourth-order valence-corrected chi connectivity index (χ4v) is 2.74. The maximum absolute atomic E-state index is 5.78. The monoisotopic (exact) mass is 197 g/mol. The Morgan fingerprint density at radius 1 is 1.31 bits per heavy atom. The van der Waals surface area contributed by atoms with Gasteiger partial charge in [0.2, 0.25) is 0 Å². The number of rotatable bonds is 3. The van der Waals surface area contributed by atoms with Gasteiger partial charge in [0, 0.05) is 16.2 Å². The molecule has 3 saturated heterocycles. The van der Waals surface area contributed by atoms with E-state index in [1.807, 2.05) is 0 Å². The van der Waals surface area contributed by atoms with E-state index >= 15 is 0 Å². The van der Waals surface area contributed by atoms with E-state index in [9.17, 15) is 0 Å². The highest BCUT2D eigenvalue weighted by molar-refractivity contribution is 6.12. The molecule has 2 bridgehead atoms. The first kappa shape index (κ1) is 8.41. The van der Waals surface area contributed by atoms with Crippen LogP contribution < -0.4 is 0 Å². The molecule has 0 amide bonds. The number of hydrogen-bond acceptors (Lipinski definition) is 3. The summed E-state index contributed by atoms with van der Waals surface area (Å²) >= 11 is 0. The highest BCUT2D eigenvalue weighted by atomic mass is 28.1. The fourth-order valence-electron chi connectivity index (χ4n) is 2.29. The Hall–Kier alpha value is 0.0969. The van der Waals surface area contributed by atoms with Crippen molar-refractivity contribution in [3.63, 3.8) is 0 Å². The molecule has 0 aromatic heterocycles. The first-order valence-electron chi connectivity index (χ1n) is 4.92. The summed E-state index contributed by atoms with van der Waals surface area (Å²) in [6.45, 7) is 1.59. The van der Waals surface area contributed by atoms with Gasteiger partial charge in [0.15, 0.2) is 6.29 Å². The second kappa shape index (κ2) is 3.05.